The molecule has 0 saturated carbocycles. The topological polar surface area (TPSA) is 70.9 Å². The summed E-state index contributed by atoms with van der Waals surface area (Å²) in [6.07, 6.45) is 5.35. The molecule has 4 heteroatoms. The van der Waals surface area contributed by atoms with E-state index < -0.39 is 0 Å². The first-order chi connectivity index (χ1) is 10.2. The zero-order chi connectivity index (χ0) is 14.8. The van der Waals surface area contributed by atoms with Gasteiger partial charge in [-0.15, -0.1) is 6.42 Å². The lowest BCUT2D eigenvalue weighted by Gasteiger charge is -2.03. The second-order valence-electron chi connectivity index (χ2n) is 4.71. The van der Waals surface area contributed by atoms with Gasteiger partial charge in [-0.2, -0.15) is 0 Å². The van der Waals surface area contributed by atoms with Gasteiger partial charge in [0.2, 0.25) is 0 Å². The number of rotatable bonds is 2. The fourth-order valence-electron chi connectivity index (χ4n) is 2.16. The summed E-state index contributed by atoms with van der Waals surface area (Å²) in [6.45, 7) is 0. The van der Waals surface area contributed by atoms with Crippen LogP contribution in [0.15, 0.2) is 48.5 Å². The lowest BCUT2D eigenvalue weighted by atomic mass is 10.2. The Bertz CT molecular complexity index is 871. The fraction of sp³-hybridized carbons (Fsp3) is 0. The van der Waals surface area contributed by atoms with Crippen LogP contribution in [0.5, 0.6) is 0 Å². The quantitative estimate of drug-likeness (QED) is 0.497. The summed E-state index contributed by atoms with van der Waals surface area (Å²) in [6, 6.07) is 14.4. The number of terminal acetylenes is 1. The van der Waals surface area contributed by atoms with E-state index >= 15 is 0 Å². The molecule has 0 radical (unpaired) electrons. The molecule has 0 fully saturated rings. The van der Waals surface area contributed by atoms with Crippen LogP contribution in [0, 0.1) is 12.3 Å². The van der Waals surface area contributed by atoms with Crippen molar-refractivity contribution in [3.05, 3.63) is 59.8 Å². The van der Waals surface area contributed by atoms with Crippen molar-refractivity contribution in [1.29, 1.82) is 0 Å². The standard InChI is InChI=1S/C17H13N3O/c1-2-11-4-3-5-14(8-11)19-17(21)16-10-12-9-13(18)6-7-15(12)20-16/h1,3-10,20H,18H2,(H,19,21). The molecular weight excluding hydrogens is 262 g/mol. The number of nitrogens with two attached hydrogens (primary N) is 1. The zero-order valence-corrected chi connectivity index (χ0v) is 11.2. The number of carbonyl (C=O) groups is 1. The molecule has 0 atom stereocenters. The maximum atomic E-state index is 12.2. The molecular formula is C17H13N3O. The van der Waals surface area contributed by atoms with Crippen molar-refractivity contribution in [3.63, 3.8) is 0 Å². The number of H-pyrrole nitrogens is 1. The second-order valence-corrected chi connectivity index (χ2v) is 4.71. The van der Waals surface area contributed by atoms with Crippen molar-refractivity contribution in [2.45, 2.75) is 0 Å². The number of aromatic nitrogens is 1. The average Bonchev–Trinajstić information content (AvgIpc) is 2.90. The van der Waals surface area contributed by atoms with Crippen LogP contribution in [-0.4, -0.2) is 10.9 Å². The summed E-state index contributed by atoms with van der Waals surface area (Å²) < 4.78 is 0. The van der Waals surface area contributed by atoms with Crippen LogP contribution in [-0.2, 0) is 0 Å². The molecule has 3 rings (SSSR count). The molecule has 1 amide bonds. The van der Waals surface area contributed by atoms with E-state index in [1.165, 1.54) is 0 Å². The van der Waals surface area contributed by atoms with Crippen LogP contribution >= 0.6 is 0 Å². The van der Waals surface area contributed by atoms with E-state index in [1.54, 1.807) is 36.4 Å². The maximum Gasteiger partial charge on any atom is 0.272 e. The van der Waals surface area contributed by atoms with Crippen molar-refractivity contribution in [1.82, 2.24) is 4.98 Å². The Morgan fingerprint density at radius 3 is 2.86 bits per heavy atom. The summed E-state index contributed by atoms with van der Waals surface area (Å²) in [5, 5.41) is 3.71. The largest absolute Gasteiger partial charge is 0.399 e. The van der Waals surface area contributed by atoms with Crippen molar-refractivity contribution >= 4 is 28.2 Å². The van der Waals surface area contributed by atoms with Crippen molar-refractivity contribution in [3.8, 4) is 12.3 Å². The van der Waals surface area contributed by atoms with E-state index in [2.05, 4.69) is 16.2 Å². The molecule has 0 unspecified atom stereocenters. The summed E-state index contributed by atoms with van der Waals surface area (Å²) in [5.41, 5.74) is 9.12. The number of anilines is 2. The van der Waals surface area contributed by atoms with Gasteiger partial charge in [-0.05, 0) is 42.5 Å². The molecule has 21 heavy (non-hydrogen) atoms. The molecule has 4 N–H and O–H groups in total. The minimum atomic E-state index is -0.223. The first-order valence-electron chi connectivity index (χ1n) is 6.42. The van der Waals surface area contributed by atoms with Gasteiger partial charge in [0.25, 0.3) is 5.91 Å². The average molecular weight is 275 g/mol. The number of hydrogen-bond donors (Lipinski definition) is 3. The van der Waals surface area contributed by atoms with E-state index in [0.29, 0.717) is 17.1 Å². The summed E-state index contributed by atoms with van der Waals surface area (Å²) in [5.74, 6) is 2.31. The minimum Gasteiger partial charge on any atom is -0.399 e. The van der Waals surface area contributed by atoms with Gasteiger partial charge in [-0.1, -0.05) is 12.0 Å². The van der Waals surface area contributed by atoms with Gasteiger partial charge in [0.05, 0.1) is 0 Å². The van der Waals surface area contributed by atoms with Crippen LogP contribution in [0.25, 0.3) is 10.9 Å². The monoisotopic (exact) mass is 275 g/mol. The molecule has 4 nitrogen and oxygen atoms in total. The molecule has 1 aromatic heterocycles. The van der Waals surface area contributed by atoms with E-state index in [4.69, 9.17) is 12.2 Å². The molecule has 0 aliphatic heterocycles. The predicted octanol–water partition coefficient (Wildman–Crippen LogP) is 2.98. The van der Waals surface area contributed by atoms with Gasteiger partial charge in [-0.25, -0.2) is 0 Å². The maximum absolute atomic E-state index is 12.2. The summed E-state index contributed by atoms with van der Waals surface area (Å²) in [4.78, 5) is 15.3. The highest BCUT2D eigenvalue weighted by atomic mass is 16.1. The Morgan fingerprint density at radius 1 is 1.19 bits per heavy atom. The van der Waals surface area contributed by atoms with E-state index in [1.807, 2.05) is 12.1 Å². The molecule has 0 bridgehead atoms. The number of nitrogen functional groups attached to an aromatic ring is 1. The van der Waals surface area contributed by atoms with Crippen LogP contribution < -0.4 is 11.1 Å². The third-order valence-corrected chi connectivity index (χ3v) is 3.18. The number of hydrogen-bond acceptors (Lipinski definition) is 2. The molecule has 3 aromatic rings. The lowest BCUT2D eigenvalue weighted by molar-refractivity contribution is 0.102. The fourth-order valence-corrected chi connectivity index (χ4v) is 2.16. The number of aromatic amines is 1. The van der Waals surface area contributed by atoms with Crippen molar-refractivity contribution < 1.29 is 4.79 Å². The third kappa shape index (κ3) is 2.58. The Labute approximate surface area is 122 Å². The molecule has 2 aromatic carbocycles. The number of amides is 1. The SMILES string of the molecule is C#Cc1cccc(NC(=O)c2cc3cc(N)ccc3[nH]2)c1. The highest BCUT2D eigenvalue weighted by Gasteiger charge is 2.10. The van der Waals surface area contributed by atoms with E-state index in [9.17, 15) is 4.79 Å². The number of fused-ring (bicyclic) bond motifs is 1. The van der Waals surface area contributed by atoms with Crippen molar-refractivity contribution in [2.24, 2.45) is 0 Å². The number of carbonyl (C=O) groups excluding carboxylic acids is 1. The predicted molar refractivity (Wildman–Crippen MR) is 85.0 cm³/mol. The van der Waals surface area contributed by atoms with Gasteiger partial charge < -0.3 is 16.0 Å². The van der Waals surface area contributed by atoms with E-state index in [0.717, 1.165) is 16.5 Å². The van der Waals surface area contributed by atoms with Crippen LogP contribution in [0.2, 0.25) is 0 Å². The first-order valence-corrected chi connectivity index (χ1v) is 6.42. The van der Waals surface area contributed by atoms with Crippen LogP contribution in [0.1, 0.15) is 16.1 Å². The normalized spacial score (nSPS) is 10.2. The molecule has 0 aliphatic rings. The molecule has 102 valence electrons. The van der Waals surface area contributed by atoms with Crippen LogP contribution in [0.4, 0.5) is 11.4 Å². The molecule has 1 heterocycles. The lowest BCUT2D eigenvalue weighted by Crippen LogP contribution is -2.12. The Kier molecular flexibility index (Phi) is 3.09. The zero-order valence-electron chi connectivity index (χ0n) is 11.2. The summed E-state index contributed by atoms with van der Waals surface area (Å²) in [7, 11) is 0. The summed E-state index contributed by atoms with van der Waals surface area (Å²) >= 11 is 0. The Balaban J connectivity index is 1.88. The van der Waals surface area contributed by atoms with E-state index in [-0.39, 0.29) is 5.91 Å². The Hall–Kier alpha value is -3.19. The number of nitrogens with one attached hydrogen (secondary N) is 2. The Morgan fingerprint density at radius 2 is 2.05 bits per heavy atom. The highest BCUT2D eigenvalue weighted by Crippen LogP contribution is 2.19. The van der Waals surface area contributed by atoms with Gasteiger partial charge in [0, 0.05) is 27.8 Å². The third-order valence-electron chi connectivity index (χ3n) is 3.18. The minimum absolute atomic E-state index is 0.223. The highest BCUT2D eigenvalue weighted by molar-refractivity contribution is 6.06. The van der Waals surface area contributed by atoms with Gasteiger partial charge >= 0.3 is 0 Å². The van der Waals surface area contributed by atoms with Gasteiger partial charge in [-0.3, -0.25) is 4.79 Å². The van der Waals surface area contributed by atoms with Crippen LogP contribution in [0.3, 0.4) is 0 Å². The molecule has 0 saturated heterocycles. The first kappa shape index (κ1) is 12.8. The molecule has 0 aliphatic carbocycles. The van der Waals surface area contributed by atoms with Crippen molar-refractivity contribution in [2.75, 3.05) is 11.1 Å². The number of benzene rings is 2. The van der Waals surface area contributed by atoms with Gasteiger partial charge in [0.15, 0.2) is 0 Å². The second kappa shape index (κ2) is 5.06. The van der Waals surface area contributed by atoms with Gasteiger partial charge in [0.1, 0.15) is 5.69 Å². The molecule has 0 spiro atoms. The smallest absolute Gasteiger partial charge is 0.272 e.